The Morgan fingerprint density at radius 3 is 2.73 bits per heavy atom. The largest absolute Gasteiger partial charge is 0.369 e. The van der Waals surface area contributed by atoms with E-state index in [2.05, 4.69) is 16.3 Å². The number of carbonyl (C=O) groups excluding carboxylic acids is 1. The molecule has 0 bridgehead atoms. The maximum Gasteiger partial charge on any atom is 0.248 e. The van der Waals surface area contributed by atoms with Crippen molar-refractivity contribution in [2.24, 2.45) is 0 Å². The van der Waals surface area contributed by atoms with Crippen molar-refractivity contribution < 1.29 is 4.79 Å². The Labute approximate surface area is 162 Å². The zero-order chi connectivity index (χ0) is 18.4. The Kier molecular flexibility index (Phi) is 6.21. The predicted octanol–water partition coefficient (Wildman–Crippen LogP) is 4.42. The van der Waals surface area contributed by atoms with Crippen molar-refractivity contribution >= 4 is 46.7 Å². The number of amides is 1. The van der Waals surface area contributed by atoms with Gasteiger partial charge in [0.05, 0.1) is 22.3 Å². The normalized spacial score (nSPS) is 14.2. The molecule has 1 fully saturated rings. The highest BCUT2D eigenvalue weighted by Crippen LogP contribution is 2.30. The SMILES string of the molecule is N#Cc1ccccc1/C=C/C(=O)Nc1ccc(N2CCSCC2)c(Cl)c1. The monoisotopic (exact) mass is 383 g/mol. The molecule has 3 rings (SSSR count). The zero-order valence-electron chi connectivity index (χ0n) is 14.1. The van der Waals surface area contributed by atoms with Crippen molar-refractivity contribution in [3.05, 3.63) is 64.7 Å². The van der Waals surface area contributed by atoms with E-state index in [1.807, 2.05) is 30.0 Å². The Morgan fingerprint density at radius 2 is 2.00 bits per heavy atom. The molecule has 0 radical (unpaired) electrons. The Morgan fingerprint density at radius 1 is 1.23 bits per heavy atom. The molecule has 0 aromatic heterocycles. The van der Waals surface area contributed by atoms with Gasteiger partial charge in [0.1, 0.15) is 0 Å². The maximum absolute atomic E-state index is 12.1. The fraction of sp³-hybridized carbons (Fsp3) is 0.200. The molecule has 1 N–H and O–H groups in total. The number of nitrogens with zero attached hydrogens (tertiary/aromatic N) is 2. The fourth-order valence-electron chi connectivity index (χ4n) is 2.74. The minimum absolute atomic E-state index is 0.268. The lowest BCUT2D eigenvalue weighted by Crippen LogP contribution is -2.32. The topological polar surface area (TPSA) is 56.1 Å². The number of anilines is 2. The van der Waals surface area contributed by atoms with Crippen LogP contribution < -0.4 is 10.2 Å². The summed E-state index contributed by atoms with van der Waals surface area (Å²) in [5.41, 5.74) is 2.89. The Hall–Kier alpha value is -2.42. The standard InChI is InChI=1S/C20H18ClN3OS/c21-18-13-17(6-7-19(18)24-9-11-26-12-10-24)23-20(25)8-5-15-3-1-2-4-16(15)14-22/h1-8,13H,9-12H2,(H,23,25)/b8-5+. The van der Waals surface area contributed by atoms with E-state index in [1.54, 1.807) is 30.3 Å². The number of hydrogen-bond acceptors (Lipinski definition) is 4. The van der Waals surface area contributed by atoms with Crippen molar-refractivity contribution in [3.8, 4) is 6.07 Å². The van der Waals surface area contributed by atoms with Crippen molar-refractivity contribution in [1.82, 2.24) is 0 Å². The highest BCUT2D eigenvalue weighted by atomic mass is 35.5. The molecule has 1 aliphatic rings. The van der Waals surface area contributed by atoms with E-state index in [0.29, 0.717) is 21.8 Å². The lowest BCUT2D eigenvalue weighted by Gasteiger charge is -2.29. The second-order valence-corrected chi connectivity index (χ2v) is 7.42. The van der Waals surface area contributed by atoms with Crippen molar-refractivity contribution in [1.29, 1.82) is 5.26 Å². The van der Waals surface area contributed by atoms with Gasteiger partial charge in [0.15, 0.2) is 0 Å². The minimum atomic E-state index is -0.268. The van der Waals surface area contributed by atoms with Gasteiger partial charge >= 0.3 is 0 Å². The molecule has 2 aromatic carbocycles. The summed E-state index contributed by atoms with van der Waals surface area (Å²) >= 11 is 8.35. The van der Waals surface area contributed by atoms with Gasteiger partial charge in [-0.1, -0.05) is 29.8 Å². The molecule has 132 valence electrons. The van der Waals surface area contributed by atoms with E-state index in [1.165, 1.54) is 6.08 Å². The van der Waals surface area contributed by atoms with Crippen LogP contribution in [0.25, 0.3) is 6.08 Å². The second kappa shape index (κ2) is 8.79. The van der Waals surface area contributed by atoms with Crippen LogP contribution in [0.15, 0.2) is 48.5 Å². The molecule has 0 spiro atoms. The van der Waals surface area contributed by atoms with E-state index in [4.69, 9.17) is 16.9 Å². The van der Waals surface area contributed by atoms with Crippen LogP contribution in [0.5, 0.6) is 0 Å². The minimum Gasteiger partial charge on any atom is -0.369 e. The molecule has 1 amide bonds. The summed E-state index contributed by atoms with van der Waals surface area (Å²) in [4.78, 5) is 14.4. The van der Waals surface area contributed by atoms with Crippen LogP contribution in [-0.2, 0) is 4.79 Å². The zero-order valence-corrected chi connectivity index (χ0v) is 15.7. The summed E-state index contributed by atoms with van der Waals surface area (Å²) in [6, 6.07) is 14.8. The molecule has 26 heavy (non-hydrogen) atoms. The highest BCUT2D eigenvalue weighted by molar-refractivity contribution is 7.99. The van der Waals surface area contributed by atoms with E-state index in [-0.39, 0.29) is 5.91 Å². The molecule has 4 nitrogen and oxygen atoms in total. The Bertz CT molecular complexity index is 870. The smallest absolute Gasteiger partial charge is 0.248 e. The number of thioether (sulfide) groups is 1. The molecule has 0 unspecified atom stereocenters. The van der Waals surface area contributed by atoms with Crippen molar-refractivity contribution in [2.75, 3.05) is 34.8 Å². The van der Waals surface area contributed by atoms with Crippen LogP contribution in [0.1, 0.15) is 11.1 Å². The van der Waals surface area contributed by atoms with Gasteiger partial charge in [-0.05, 0) is 35.9 Å². The van der Waals surface area contributed by atoms with Gasteiger partial charge in [0.2, 0.25) is 5.91 Å². The molecule has 1 heterocycles. The molecule has 0 atom stereocenters. The van der Waals surface area contributed by atoms with Gasteiger partial charge in [-0.2, -0.15) is 17.0 Å². The average Bonchev–Trinajstić information content (AvgIpc) is 2.67. The van der Waals surface area contributed by atoms with Crippen molar-refractivity contribution in [2.45, 2.75) is 0 Å². The van der Waals surface area contributed by atoms with Crippen molar-refractivity contribution in [3.63, 3.8) is 0 Å². The van der Waals surface area contributed by atoms with Crippen LogP contribution in [0.2, 0.25) is 5.02 Å². The molecular formula is C20H18ClN3OS. The summed E-state index contributed by atoms with van der Waals surface area (Å²) in [6.07, 6.45) is 3.05. The van der Waals surface area contributed by atoms with Gasteiger partial charge in [0, 0.05) is 36.4 Å². The average molecular weight is 384 g/mol. The number of hydrogen-bond donors (Lipinski definition) is 1. The molecule has 0 aliphatic carbocycles. The maximum atomic E-state index is 12.1. The molecule has 0 saturated carbocycles. The lowest BCUT2D eigenvalue weighted by atomic mass is 10.1. The van der Waals surface area contributed by atoms with E-state index in [0.717, 1.165) is 30.3 Å². The molecule has 6 heteroatoms. The third-order valence-corrected chi connectivity index (χ3v) is 5.31. The molecule has 2 aromatic rings. The first-order chi connectivity index (χ1) is 12.7. The number of benzene rings is 2. The predicted molar refractivity (Wildman–Crippen MR) is 110 cm³/mol. The second-order valence-electron chi connectivity index (χ2n) is 5.79. The summed E-state index contributed by atoms with van der Waals surface area (Å²) in [6.45, 7) is 1.97. The van der Waals surface area contributed by atoms with Crippen LogP contribution in [0, 0.1) is 11.3 Å². The summed E-state index contributed by atoms with van der Waals surface area (Å²) in [5, 5.41) is 12.5. The summed E-state index contributed by atoms with van der Waals surface area (Å²) in [5.74, 6) is 1.93. The van der Waals surface area contributed by atoms with Crippen LogP contribution >= 0.6 is 23.4 Å². The number of carbonyl (C=O) groups is 1. The first-order valence-electron chi connectivity index (χ1n) is 8.28. The van der Waals surface area contributed by atoms with Crippen LogP contribution in [-0.4, -0.2) is 30.5 Å². The first kappa shape index (κ1) is 18.4. The van der Waals surface area contributed by atoms with Crippen LogP contribution in [0.3, 0.4) is 0 Å². The number of nitriles is 1. The quantitative estimate of drug-likeness (QED) is 0.794. The molecular weight excluding hydrogens is 366 g/mol. The third kappa shape index (κ3) is 4.60. The Balaban J connectivity index is 1.67. The molecule has 1 aliphatic heterocycles. The highest BCUT2D eigenvalue weighted by Gasteiger charge is 2.14. The van der Waals surface area contributed by atoms with Gasteiger partial charge in [-0.15, -0.1) is 0 Å². The van der Waals surface area contributed by atoms with Gasteiger partial charge in [-0.3, -0.25) is 4.79 Å². The van der Waals surface area contributed by atoms with E-state index in [9.17, 15) is 4.79 Å². The number of halogens is 1. The van der Waals surface area contributed by atoms with E-state index < -0.39 is 0 Å². The number of nitrogens with one attached hydrogen (secondary N) is 1. The van der Waals surface area contributed by atoms with E-state index >= 15 is 0 Å². The molecule has 1 saturated heterocycles. The first-order valence-corrected chi connectivity index (χ1v) is 9.81. The van der Waals surface area contributed by atoms with Gasteiger partial charge in [-0.25, -0.2) is 0 Å². The lowest BCUT2D eigenvalue weighted by molar-refractivity contribution is -0.111. The fourth-order valence-corrected chi connectivity index (χ4v) is 3.94. The third-order valence-electron chi connectivity index (χ3n) is 4.06. The van der Waals surface area contributed by atoms with Gasteiger partial charge in [0.25, 0.3) is 0 Å². The van der Waals surface area contributed by atoms with Gasteiger partial charge < -0.3 is 10.2 Å². The van der Waals surface area contributed by atoms with Crippen LogP contribution in [0.4, 0.5) is 11.4 Å². The summed E-state index contributed by atoms with van der Waals surface area (Å²) in [7, 11) is 0. The summed E-state index contributed by atoms with van der Waals surface area (Å²) < 4.78 is 0. The number of rotatable bonds is 4.